The summed E-state index contributed by atoms with van der Waals surface area (Å²) < 4.78 is 6.25. The highest BCUT2D eigenvalue weighted by Gasteiger charge is 2.44. The fourth-order valence-corrected chi connectivity index (χ4v) is 3.11. The van der Waals surface area contributed by atoms with Gasteiger partial charge in [-0.05, 0) is 6.42 Å². The van der Waals surface area contributed by atoms with Crippen LogP contribution < -0.4 is 22.1 Å². The predicted octanol–water partition coefficient (Wildman–Crippen LogP) is -5.22. The van der Waals surface area contributed by atoms with E-state index in [1.165, 1.54) is 0 Å². The molecule has 0 saturated carbocycles. The van der Waals surface area contributed by atoms with Gasteiger partial charge in [-0.25, -0.2) is 14.5 Å². The van der Waals surface area contributed by atoms with Gasteiger partial charge in [0.25, 0.3) is 5.91 Å². The van der Waals surface area contributed by atoms with E-state index in [9.17, 15) is 34.2 Å². The van der Waals surface area contributed by atoms with Crippen LogP contribution in [0, 0.1) is 0 Å². The predicted molar refractivity (Wildman–Crippen MR) is 123 cm³/mol. The van der Waals surface area contributed by atoms with E-state index in [0.717, 1.165) is 11.0 Å². The Hall–Kier alpha value is -3.36. The zero-order valence-electron chi connectivity index (χ0n) is 19.2. The Kier molecular flexibility index (Phi) is 12.9. The second-order valence-corrected chi connectivity index (χ2v) is 7.85. The molecule has 6 atom stereocenters. The second-order valence-electron chi connectivity index (χ2n) is 7.48. The first kappa shape index (κ1) is 31.7. The quantitative estimate of drug-likeness (QED) is 0.109. The van der Waals surface area contributed by atoms with Crippen LogP contribution in [0.1, 0.15) is 29.7 Å². The highest BCUT2D eigenvalue weighted by molar-refractivity contribution is 7.80. The number of nitrogens with one attached hydrogen (secondary N) is 2. The van der Waals surface area contributed by atoms with Gasteiger partial charge in [-0.1, -0.05) is 0 Å². The highest BCUT2D eigenvalue weighted by Crippen LogP contribution is 2.28. The molecule has 2 rings (SSSR count). The number of carbonyl (C=O) groups excluding carboxylic acids is 3. The van der Waals surface area contributed by atoms with Crippen molar-refractivity contribution in [2.45, 2.75) is 49.5 Å². The minimum atomic E-state index is -1.36. The van der Waals surface area contributed by atoms with Gasteiger partial charge >= 0.3 is 11.9 Å². The van der Waals surface area contributed by atoms with Gasteiger partial charge in [0.15, 0.2) is 6.23 Å². The van der Waals surface area contributed by atoms with Crippen molar-refractivity contribution in [2.24, 2.45) is 11.5 Å². The Morgan fingerprint density at radius 2 is 1.78 bits per heavy atom. The summed E-state index contributed by atoms with van der Waals surface area (Å²) in [6, 6.07) is -2.39. The van der Waals surface area contributed by atoms with Crippen molar-refractivity contribution in [3.05, 3.63) is 12.2 Å². The lowest BCUT2D eigenvalue weighted by atomic mass is 10.1. The van der Waals surface area contributed by atoms with Gasteiger partial charge in [0.05, 0.1) is 13.2 Å². The number of carboxylic acids is 2. The van der Waals surface area contributed by atoms with Crippen LogP contribution in [-0.2, 0) is 23.9 Å². The lowest BCUT2D eigenvalue weighted by Crippen LogP contribution is -2.53. The molecule has 3 amide bonds. The van der Waals surface area contributed by atoms with Crippen LogP contribution in [0.5, 0.6) is 0 Å². The molecule has 18 nitrogen and oxygen atoms in total. The summed E-state index contributed by atoms with van der Waals surface area (Å²) in [6.45, 7) is -0.759. The number of ether oxygens (including phenoxy) is 1. The summed E-state index contributed by atoms with van der Waals surface area (Å²) in [5.41, 5.74) is 10.0. The maximum atomic E-state index is 11.8. The van der Waals surface area contributed by atoms with E-state index < -0.39 is 79.3 Å². The average molecular weight is 552 g/mol. The molecule has 19 heteroatoms. The number of rotatable bonds is 12. The van der Waals surface area contributed by atoms with Crippen molar-refractivity contribution in [2.75, 3.05) is 18.9 Å². The third-order valence-corrected chi connectivity index (χ3v) is 5.15. The summed E-state index contributed by atoms with van der Waals surface area (Å²) in [5, 5.41) is 53.6. The van der Waals surface area contributed by atoms with Gasteiger partial charge < -0.3 is 52.4 Å². The first-order valence-corrected chi connectivity index (χ1v) is 11.2. The summed E-state index contributed by atoms with van der Waals surface area (Å²) in [4.78, 5) is 58.5. The van der Waals surface area contributed by atoms with Crippen molar-refractivity contribution in [3.63, 3.8) is 0 Å². The van der Waals surface area contributed by atoms with E-state index in [1.54, 1.807) is 0 Å². The molecule has 0 bridgehead atoms. The number of amides is 3. The molecule has 1 aliphatic heterocycles. The molecule has 1 aliphatic rings. The van der Waals surface area contributed by atoms with Gasteiger partial charge in [0.2, 0.25) is 17.6 Å². The monoisotopic (exact) mass is 551 g/mol. The van der Waals surface area contributed by atoms with Gasteiger partial charge in [0, 0.05) is 12.2 Å². The van der Waals surface area contributed by atoms with E-state index in [0.29, 0.717) is 0 Å². The van der Waals surface area contributed by atoms with E-state index in [4.69, 9.17) is 31.5 Å². The molecule has 11 N–H and O–H groups in total. The molecule has 0 radical (unpaired) electrons. The second kappa shape index (κ2) is 15.0. The number of aliphatic carboxylic acids is 2. The minimum absolute atomic E-state index is 0.0527. The van der Waals surface area contributed by atoms with E-state index >= 15 is 0 Å². The Balaban J connectivity index is 0.000000373. The Morgan fingerprint density at radius 1 is 1.14 bits per heavy atom. The number of hydrogen-bond acceptors (Lipinski definition) is 13. The first-order valence-electron chi connectivity index (χ1n) is 10.5. The number of carbonyl (C=O) groups is 5. The maximum absolute atomic E-state index is 11.8. The van der Waals surface area contributed by atoms with E-state index in [-0.39, 0.29) is 24.5 Å². The fourth-order valence-electron chi connectivity index (χ4n) is 2.85. The highest BCUT2D eigenvalue weighted by atomic mass is 32.1. The van der Waals surface area contributed by atoms with Crippen LogP contribution in [0.4, 0.5) is 0 Å². The van der Waals surface area contributed by atoms with Crippen molar-refractivity contribution in [1.29, 1.82) is 0 Å². The molecule has 1 aromatic heterocycles. The lowest BCUT2D eigenvalue weighted by molar-refractivity contribution is -0.143. The number of nitrogens with zero attached hydrogens (tertiary/aromatic N) is 3. The molecule has 2 heterocycles. The minimum Gasteiger partial charge on any atom is -0.481 e. The first-order chi connectivity index (χ1) is 17.4. The van der Waals surface area contributed by atoms with Crippen molar-refractivity contribution < 1.29 is 54.2 Å². The van der Waals surface area contributed by atoms with Crippen LogP contribution in [0.25, 0.3) is 0 Å². The Bertz CT molecular complexity index is 962. The summed E-state index contributed by atoms with van der Waals surface area (Å²) in [6.07, 6.45) is -3.93. The summed E-state index contributed by atoms with van der Waals surface area (Å²) in [5.74, 6) is -4.96. The molecule has 0 unspecified atom stereocenters. The SMILES string of the molecule is NC(=O)c1ncn([C@@H]2O[C@H](CO)[C@@H](O)[C@H]2O)n1.NCC(=O)N[C@@H](CS)C(=O)N[C@@H](CCC(=O)O)C(=O)O. The number of hydrogen-bond donors (Lipinski definition) is 10. The lowest BCUT2D eigenvalue weighted by Gasteiger charge is -2.19. The average Bonchev–Trinajstić information content (AvgIpc) is 3.45. The number of aromatic nitrogens is 3. The number of aliphatic hydroxyl groups excluding tert-OH is 3. The summed E-state index contributed by atoms with van der Waals surface area (Å²) >= 11 is 3.87. The third kappa shape index (κ3) is 9.55. The van der Waals surface area contributed by atoms with Crippen molar-refractivity contribution >= 4 is 42.3 Å². The zero-order valence-corrected chi connectivity index (χ0v) is 20.1. The van der Waals surface area contributed by atoms with Gasteiger partial charge in [-0.2, -0.15) is 12.6 Å². The Morgan fingerprint density at radius 3 is 2.22 bits per heavy atom. The molecule has 0 aromatic carbocycles. The number of thiol groups is 1. The van der Waals surface area contributed by atoms with E-state index in [1.807, 2.05) is 0 Å². The number of carboxylic acid groups (broad SMARTS) is 2. The number of nitrogens with two attached hydrogens (primary N) is 2. The van der Waals surface area contributed by atoms with E-state index in [2.05, 4.69) is 33.3 Å². The van der Waals surface area contributed by atoms with Crippen LogP contribution >= 0.6 is 12.6 Å². The van der Waals surface area contributed by atoms with Crippen LogP contribution in [0.3, 0.4) is 0 Å². The topological polar surface area (TPSA) is 303 Å². The standard InChI is InChI=1S/C10H17N3O6S.C8H12N4O5/c11-3-7(14)12-6(4-20)9(17)13-5(10(18)19)1-2-8(15)16;9-6(16)7-10-2-12(11-7)8-5(15)4(14)3(1-13)17-8/h5-6,20H,1-4,11H2,(H,12,14)(H,13,17)(H,15,16)(H,18,19);2-5,8,13-15H,1H2,(H2,9,16)/t5-,6-;3-,4-,5-,8-/m01/s1. The van der Waals surface area contributed by atoms with Gasteiger partial charge in [0.1, 0.15) is 36.7 Å². The van der Waals surface area contributed by atoms with Crippen LogP contribution in [0.2, 0.25) is 0 Å². The molecule has 1 aromatic rings. The smallest absolute Gasteiger partial charge is 0.326 e. The molecular formula is C18H29N7O11S. The fraction of sp³-hybridized carbons (Fsp3) is 0.611. The Labute approximate surface area is 214 Å². The number of primary amides is 1. The third-order valence-electron chi connectivity index (χ3n) is 4.79. The molecule has 1 fully saturated rings. The molecule has 37 heavy (non-hydrogen) atoms. The normalized spacial score (nSPS) is 22.2. The largest absolute Gasteiger partial charge is 0.481 e. The van der Waals surface area contributed by atoms with Gasteiger partial charge in [-0.15, -0.1) is 5.10 Å². The number of aliphatic hydroxyl groups is 3. The molecule has 0 aliphatic carbocycles. The molecular weight excluding hydrogens is 522 g/mol. The van der Waals surface area contributed by atoms with Gasteiger partial charge in [-0.3, -0.25) is 19.2 Å². The van der Waals surface area contributed by atoms with Crippen LogP contribution in [0.15, 0.2) is 6.33 Å². The summed E-state index contributed by atoms with van der Waals surface area (Å²) in [7, 11) is 0. The van der Waals surface area contributed by atoms with Crippen molar-refractivity contribution in [3.8, 4) is 0 Å². The zero-order chi connectivity index (χ0) is 28.3. The molecule has 1 saturated heterocycles. The van der Waals surface area contributed by atoms with Crippen molar-refractivity contribution in [1.82, 2.24) is 25.4 Å². The maximum Gasteiger partial charge on any atom is 0.326 e. The molecule has 0 spiro atoms. The van der Waals surface area contributed by atoms with Crippen LogP contribution in [-0.4, -0.2) is 119 Å². The molecule has 208 valence electrons.